The van der Waals surface area contributed by atoms with Gasteiger partial charge in [-0.3, -0.25) is 10.1 Å². The van der Waals surface area contributed by atoms with Gasteiger partial charge in [-0.1, -0.05) is 24.1 Å². The van der Waals surface area contributed by atoms with Gasteiger partial charge in [-0.15, -0.1) is 0 Å². The predicted molar refractivity (Wildman–Crippen MR) is 136 cm³/mol. The van der Waals surface area contributed by atoms with Crippen LogP contribution >= 0.6 is 23.1 Å². The van der Waals surface area contributed by atoms with Gasteiger partial charge >= 0.3 is 6.09 Å². The minimum atomic E-state index is -0.570. The fraction of sp³-hybridized carbons (Fsp3) is 0.360. The van der Waals surface area contributed by atoms with Gasteiger partial charge in [-0.25, -0.2) is 9.78 Å². The second kappa shape index (κ2) is 13.1. The van der Waals surface area contributed by atoms with Crippen LogP contribution in [-0.2, 0) is 9.53 Å². The fourth-order valence-electron chi connectivity index (χ4n) is 3.83. The van der Waals surface area contributed by atoms with E-state index in [4.69, 9.17) is 31.0 Å². The summed E-state index contributed by atoms with van der Waals surface area (Å²) >= 11 is 7.45. The summed E-state index contributed by atoms with van der Waals surface area (Å²) in [6.45, 7) is 3.37. The minimum absolute atomic E-state index is 0.250. The molecule has 4 rings (SSSR count). The van der Waals surface area contributed by atoms with Crippen molar-refractivity contribution in [3.05, 3.63) is 59.0 Å². The highest BCUT2D eigenvalue weighted by Crippen LogP contribution is 2.36. The number of rotatable bonds is 6. The molecule has 0 bridgehead atoms. The third-order valence-corrected chi connectivity index (χ3v) is 6.87. The molecule has 8 nitrogen and oxygen atoms in total. The minimum Gasteiger partial charge on any atom is -0.490 e. The van der Waals surface area contributed by atoms with E-state index < -0.39 is 12.2 Å². The van der Waals surface area contributed by atoms with Gasteiger partial charge in [-0.05, 0) is 87.0 Å². The number of carbonyl (C=O) groups is 2. The lowest BCUT2D eigenvalue weighted by Crippen LogP contribution is -2.19. The van der Waals surface area contributed by atoms with Crippen LogP contribution in [0.15, 0.2) is 42.6 Å². The number of amides is 1. The molecule has 0 radical (unpaired) electrons. The number of carbonyl (C=O) groups excluding carboxylic acids is 1. The summed E-state index contributed by atoms with van der Waals surface area (Å²) in [5.41, 5.74) is 2.99. The van der Waals surface area contributed by atoms with E-state index in [9.17, 15) is 4.79 Å². The Morgan fingerprint density at radius 2 is 1.91 bits per heavy atom. The largest absolute Gasteiger partial charge is 0.490 e. The van der Waals surface area contributed by atoms with Crippen molar-refractivity contribution in [3.63, 3.8) is 0 Å². The van der Waals surface area contributed by atoms with Crippen LogP contribution in [0, 0.1) is 6.92 Å². The zero-order chi connectivity index (χ0) is 25.2. The Bertz CT molecular complexity index is 1120. The molecule has 1 amide bonds. The first-order valence-corrected chi connectivity index (χ1v) is 12.5. The maximum absolute atomic E-state index is 12.6. The number of carboxylic acid groups (broad SMARTS) is 1. The molecule has 2 heterocycles. The number of hydrogen-bond acceptors (Lipinski definition) is 7. The Morgan fingerprint density at radius 1 is 1.23 bits per heavy atom. The molecule has 2 aromatic heterocycles. The Labute approximate surface area is 213 Å². The number of nitrogens with zero attached hydrogens (tertiary/aromatic N) is 2. The normalized spacial score (nSPS) is 14.3. The third kappa shape index (κ3) is 7.40. The zero-order valence-corrected chi connectivity index (χ0v) is 21.1. The van der Waals surface area contributed by atoms with E-state index in [2.05, 4.69) is 14.7 Å². The molecule has 1 aliphatic rings. The summed E-state index contributed by atoms with van der Waals surface area (Å²) in [4.78, 5) is 25.8. The van der Waals surface area contributed by atoms with Crippen molar-refractivity contribution < 1.29 is 24.2 Å². The zero-order valence-electron chi connectivity index (χ0n) is 19.6. The van der Waals surface area contributed by atoms with Crippen molar-refractivity contribution in [2.45, 2.75) is 58.2 Å². The summed E-state index contributed by atoms with van der Waals surface area (Å²) in [6, 6.07) is 11.5. The van der Waals surface area contributed by atoms with Crippen LogP contribution in [0.25, 0.3) is 10.4 Å². The molecule has 3 aromatic rings. The van der Waals surface area contributed by atoms with Crippen LogP contribution in [0.3, 0.4) is 0 Å². The predicted octanol–water partition coefficient (Wildman–Crippen LogP) is 6.89. The van der Waals surface area contributed by atoms with Gasteiger partial charge in [0.1, 0.15) is 17.0 Å². The van der Waals surface area contributed by atoms with E-state index in [0.717, 1.165) is 34.7 Å². The molecule has 186 valence electrons. The number of halogens is 1. The molecule has 1 saturated carbocycles. The SMILES string of the molecule is Cc1nsc(-c2ccc(OC3CCCCC3)cc2)c1NC(=O)OC(C)c1cccnc1Cl.O=CO. The lowest BCUT2D eigenvalue weighted by atomic mass is 9.98. The molecule has 35 heavy (non-hydrogen) atoms. The van der Waals surface area contributed by atoms with Crippen LogP contribution in [0.1, 0.15) is 56.4 Å². The van der Waals surface area contributed by atoms with Crippen LogP contribution in [0.5, 0.6) is 5.75 Å². The topological polar surface area (TPSA) is 111 Å². The molecule has 2 N–H and O–H groups in total. The molecule has 1 aromatic carbocycles. The van der Waals surface area contributed by atoms with Crippen LogP contribution in [0.2, 0.25) is 5.15 Å². The lowest BCUT2D eigenvalue weighted by molar-refractivity contribution is -0.122. The van der Waals surface area contributed by atoms with Gasteiger partial charge in [0.2, 0.25) is 0 Å². The maximum atomic E-state index is 12.6. The quantitative estimate of drug-likeness (QED) is 0.270. The van der Waals surface area contributed by atoms with Crippen molar-refractivity contribution >= 4 is 41.4 Å². The van der Waals surface area contributed by atoms with Gasteiger partial charge in [-0.2, -0.15) is 4.37 Å². The number of benzene rings is 1. The monoisotopic (exact) mass is 517 g/mol. The van der Waals surface area contributed by atoms with Crippen molar-refractivity contribution in [1.29, 1.82) is 0 Å². The Balaban J connectivity index is 0.00000108. The first kappa shape index (κ1) is 26.4. The van der Waals surface area contributed by atoms with Crippen molar-refractivity contribution in [3.8, 4) is 16.2 Å². The highest BCUT2D eigenvalue weighted by molar-refractivity contribution is 7.10. The second-order valence-corrected chi connectivity index (χ2v) is 9.17. The Hall–Kier alpha value is -3.17. The van der Waals surface area contributed by atoms with E-state index in [1.165, 1.54) is 30.8 Å². The summed E-state index contributed by atoms with van der Waals surface area (Å²) in [5.74, 6) is 0.873. The average molecular weight is 518 g/mol. The summed E-state index contributed by atoms with van der Waals surface area (Å²) in [5, 5.41) is 10.1. The fourth-order valence-corrected chi connectivity index (χ4v) is 4.96. The van der Waals surface area contributed by atoms with E-state index in [-0.39, 0.29) is 6.47 Å². The van der Waals surface area contributed by atoms with Crippen LogP contribution in [-0.4, -0.2) is 33.1 Å². The second-order valence-electron chi connectivity index (χ2n) is 8.04. The number of nitrogens with one attached hydrogen (secondary N) is 1. The molecule has 1 atom stereocenters. The molecule has 0 aliphatic heterocycles. The number of anilines is 1. The van der Waals surface area contributed by atoms with Gasteiger partial charge in [0.15, 0.2) is 0 Å². The number of ether oxygens (including phenoxy) is 2. The molecular formula is C25H28ClN3O5S. The summed E-state index contributed by atoms with van der Waals surface area (Å²) < 4.78 is 16.1. The highest BCUT2D eigenvalue weighted by atomic mass is 35.5. The van der Waals surface area contributed by atoms with Gasteiger partial charge < -0.3 is 14.6 Å². The molecule has 10 heteroatoms. The lowest BCUT2D eigenvalue weighted by Gasteiger charge is -2.23. The van der Waals surface area contributed by atoms with Crippen molar-refractivity contribution in [2.75, 3.05) is 5.32 Å². The van der Waals surface area contributed by atoms with Gasteiger partial charge in [0.05, 0.1) is 22.4 Å². The first-order valence-electron chi connectivity index (χ1n) is 11.3. The third-order valence-electron chi connectivity index (χ3n) is 5.57. The van der Waals surface area contributed by atoms with Crippen LogP contribution in [0.4, 0.5) is 10.5 Å². The standard InChI is InChI=1S/C24H26ClN3O3S.CH2O2/c1-15-21(27-24(29)30-16(2)20-9-6-14-26-23(20)25)22(32-28-15)17-10-12-19(13-11-17)31-18-7-4-3-5-8-18;2-1-3/h6,9-14,16,18H,3-5,7-8H2,1-2H3,(H,27,29);1H,(H,2,3). The van der Waals surface area contributed by atoms with Crippen molar-refractivity contribution in [1.82, 2.24) is 9.36 Å². The molecule has 0 saturated heterocycles. The molecule has 0 spiro atoms. The smallest absolute Gasteiger partial charge is 0.412 e. The van der Waals surface area contributed by atoms with Gasteiger partial charge in [0, 0.05) is 11.8 Å². The molecule has 1 aliphatic carbocycles. The molecule has 1 fully saturated rings. The molecule has 1 unspecified atom stereocenters. The Morgan fingerprint density at radius 3 is 2.57 bits per heavy atom. The molecular weight excluding hydrogens is 490 g/mol. The summed E-state index contributed by atoms with van der Waals surface area (Å²) in [6.07, 6.45) is 6.80. The van der Waals surface area contributed by atoms with E-state index in [0.29, 0.717) is 22.5 Å². The van der Waals surface area contributed by atoms with Crippen LogP contribution < -0.4 is 10.1 Å². The Kier molecular flexibility index (Phi) is 9.86. The van der Waals surface area contributed by atoms with E-state index >= 15 is 0 Å². The van der Waals surface area contributed by atoms with E-state index in [1.807, 2.05) is 31.2 Å². The summed E-state index contributed by atoms with van der Waals surface area (Å²) in [7, 11) is 0. The average Bonchev–Trinajstić information content (AvgIpc) is 3.20. The number of aryl methyl sites for hydroxylation is 1. The maximum Gasteiger partial charge on any atom is 0.412 e. The number of aromatic nitrogens is 2. The number of pyridine rings is 1. The van der Waals surface area contributed by atoms with Crippen molar-refractivity contribution in [2.24, 2.45) is 0 Å². The van der Waals surface area contributed by atoms with Gasteiger partial charge in [0.25, 0.3) is 6.47 Å². The van der Waals surface area contributed by atoms with E-state index in [1.54, 1.807) is 25.3 Å². The number of hydrogen-bond donors (Lipinski definition) is 2. The first-order chi connectivity index (χ1) is 16.9. The highest BCUT2D eigenvalue weighted by Gasteiger charge is 2.20.